The Balaban J connectivity index is 2.78. The third-order valence-electron chi connectivity index (χ3n) is 2.63. The van der Waals surface area contributed by atoms with Crippen molar-refractivity contribution in [3.05, 3.63) is 34.6 Å². The molecule has 104 valence electrons. The fourth-order valence-corrected chi connectivity index (χ4v) is 1.83. The second-order valence-electron chi connectivity index (χ2n) is 4.13. The zero-order valence-corrected chi connectivity index (χ0v) is 11.2. The lowest BCUT2D eigenvalue weighted by Crippen LogP contribution is -2.40. The fraction of sp³-hybridized carbons (Fsp3) is 0.385. The molecule has 4 nitrogen and oxygen atoms in total. The molecule has 1 amide bonds. The Labute approximate surface area is 115 Å². The largest absolute Gasteiger partial charge is 0.480 e. The molecule has 2 N–H and O–H groups in total. The van der Waals surface area contributed by atoms with Crippen LogP contribution in [0.4, 0.5) is 4.39 Å². The van der Waals surface area contributed by atoms with Crippen LogP contribution < -0.4 is 5.32 Å². The molecule has 0 saturated carbocycles. The molecule has 1 aromatic rings. The topological polar surface area (TPSA) is 66.4 Å². The second kappa shape index (κ2) is 7.09. The lowest BCUT2D eigenvalue weighted by atomic mass is 10.1. The van der Waals surface area contributed by atoms with Crippen LogP contribution in [0.3, 0.4) is 0 Å². The number of unbranched alkanes of at least 4 members (excludes halogenated alkanes) is 1. The molecule has 0 aliphatic heterocycles. The summed E-state index contributed by atoms with van der Waals surface area (Å²) in [7, 11) is 0. The van der Waals surface area contributed by atoms with Gasteiger partial charge < -0.3 is 10.4 Å². The molecule has 1 aromatic carbocycles. The standard InChI is InChI=1S/C13H15ClFNO3/c1-2-3-4-11(13(18)19)16-12(17)9-6-5-8(15)7-10(9)14/h5-7,11H,2-4H2,1H3,(H,16,17)(H,18,19)/t11-/m0/s1. The van der Waals surface area contributed by atoms with Crippen molar-refractivity contribution in [1.29, 1.82) is 0 Å². The molecule has 0 bridgehead atoms. The number of hydrogen-bond donors (Lipinski definition) is 2. The average Bonchev–Trinajstić information content (AvgIpc) is 2.33. The maximum Gasteiger partial charge on any atom is 0.326 e. The summed E-state index contributed by atoms with van der Waals surface area (Å²) in [6, 6.07) is 2.38. The van der Waals surface area contributed by atoms with E-state index in [0.29, 0.717) is 12.8 Å². The van der Waals surface area contributed by atoms with Crippen LogP contribution in [-0.2, 0) is 4.79 Å². The predicted molar refractivity (Wildman–Crippen MR) is 69.8 cm³/mol. The van der Waals surface area contributed by atoms with Gasteiger partial charge in [-0.1, -0.05) is 31.4 Å². The summed E-state index contributed by atoms with van der Waals surface area (Å²) in [6.45, 7) is 1.93. The van der Waals surface area contributed by atoms with Crippen LogP contribution in [0.25, 0.3) is 0 Å². The van der Waals surface area contributed by atoms with Crippen molar-refractivity contribution >= 4 is 23.5 Å². The summed E-state index contributed by atoms with van der Waals surface area (Å²) < 4.78 is 12.9. The van der Waals surface area contributed by atoms with Crippen molar-refractivity contribution in [3.8, 4) is 0 Å². The molecule has 1 rings (SSSR count). The van der Waals surface area contributed by atoms with E-state index in [1.54, 1.807) is 0 Å². The summed E-state index contributed by atoms with van der Waals surface area (Å²) in [4.78, 5) is 22.9. The molecule has 0 spiro atoms. The van der Waals surface area contributed by atoms with Gasteiger partial charge in [0.05, 0.1) is 10.6 Å². The van der Waals surface area contributed by atoms with Gasteiger partial charge in [0.2, 0.25) is 0 Å². The monoisotopic (exact) mass is 287 g/mol. The van der Waals surface area contributed by atoms with Gasteiger partial charge in [0.15, 0.2) is 0 Å². The number of carboxylic acid groups (broad SMARTS) is 1. The molecule has 0 saturated heterocycles. The van der Waals surface area contributed by atoms with Gasteiger partial charge >= 0.3 is 5.97 Å². The van der Waals surface area contributed by atoms with E-state index < -0.39 is 23.7 Å². The van der Waals surface area contributed by atoms with Gasteiger partial charge in [-0.2, -0.15) is 0 Å². The first-order chi connectivity index (χ1) is 8.95. The molecule has 0 unspecified atom stereocenters. The van der Waals surface area contributed by atoms with E-state index in [9.17, 15) is 14.0 Å². The molecule has 0 fully saturated rings. The SMILES string of the molecule is CCCC[C@H](NC(=O)c1ccc(F)cc1Cl)C(=O)O. The Kier molecular flexibility index (Phi) is 5.76. The normalized spacial score (nSPS) is 11.9. The highest BCUT2D eigenvalue weighted by atomic mass is 35.5. The lowest BCUT2D eigenvalue weighted by Gasteiger charge is -2.14. The highest BCUT2D eigenvalue weighted by molar-refractivity contribution is 6.33. The summed E-state index contributed by atoms with van der Waals surface area (Å²) >= 11 is 5.74. The van der Waals surface area contributed by atoms with Gasteiger partial charge in [-0.25, -0.2) is 9.18 Å². The zero-order chi connectivity index (χ0) is 14.4. The highest BCUT2D eigenvalue weighted by Gasteiger charge is 2.21. The number of nitrogens with one attached hydrogen (secondary N) is 1. The van der Waals surface area contributed by atoms with Gasteiger partial charge in [0.25, 0.3) is 5.91 Å². The first-order valence-electron chi connectivity index (χ1n) is 5.94. The summed E-state index contributed by atoms with van der Waals surface area (Å²) in [6.07, 6.45) is 1.86. The summed E-state index contributed by atoms with van der Waals surface area (Å²) in [5.41, 5.74) is 0.0609. The minimum absolute atomic E-state index is 0.0443. The first kappa shape index (κ1) is 15.4. The Hall–Kier alpha value is -1.62. The Bertz CT molecular complexity index is 479. The number of carbonyl (C=O) groups excluding carboxylic acids is 1. The highest BCUT2D eigenvalue weighted by Crippen LogP contribution is 2.17. The van der Waals surface area contributed by atoms with Crippen molar-refractivity contribution in [1.82, 2.24) is 5.32 Å². The molecular weight excluding hydrogens is 273 g/mol. The summed E-state index contributed by atoms with van der Waals surface area (Å²) in [5, 5.41) is 11.3. The molecule has 0 aliphatic carbocycles. The van der Waals surface area contributed by atoms with Crippen LogP contribution in [0.1, 0.15) is 36.5 Å². The number of amides is 1. The Morgan fingerprint density at radius 1 is 1.47 bits per heavy atom. The van der Waals surface area contributed by atoms with Crippen LogP contribution in [0, 0.1) is 5.82 Å². The predicted octanol–water partition coefficient (Wildman–Crippen LogP) is 2.85. The number of carbonyl (C=O) groups is 2. The number of rotatable bonds is 6. The number of carboxylic acids is 1. The number of hydrogen-bond acceptors (Lipinski definition) is 2. The van der Waals surface area contributed by atoms with E-state index >= 15 is 0 Å². The Morgan fingerprint density at radius 2 is 2.16 bits per heavy atom. The molecule has 6 heteroatoms. The molecule has 1 atom stereocenters. The van der Waals surface area contributed by atoms with Crippen molar-refractivity contribution in [2.45, 2.75) is 32.2 Å². The van der Waals surface area contributed by atoms with Crippen LogP contribution >= 0.6 is 11.6 Å². The molecular formula is C13H15ClFNO3. The first-order valence-corrected chi connectivity index (χ1v) is 6.32. The lowest BCUT2D eigenvalue weighted by molar-refractivity contribution is -0.139. The minimum Gasteiger partial charge on any atom is -0.480 e. The number of aliphatic carboxylic acids is 1. The third kappa shape index (κ3) is 4.52. The van der Waals surface area contributed by atoms with Gasteiger partial charge in [-0.15, -0.1) is 0 Å². The van der Waals surface area contributed by atoms with Crippen molar-refractivity contribution in [2.75, 3.05) is 0 Å². The van der Waals surface area contributed by atoms with Gasteiger partial charge in [-0.3, -0.25) is 4.79 Å². The van der Waals surface area contributed by atoms with Crippen molar-refractivity contribution < 1.29 is 19.1 Å². The average molecular weight is 288 g/mol. The van der Waals surface area contributed by atoms with Gasteiger partial charge in [-0.05, 0) is 24.6 Å². The third-order valence-corrected chi connectivity index (χ3v) is 2.94. The van der Waals surface area contributed by atoms with E-state index in [4.69, 9.17) is 16.7 Å². The second-order valence-corrected chi connectivity index (χ2v) is 4.54. The molecule has 0 heterocycles. The van der Waals surface area contributed by atoms with Gasteiger partial charge in [0, 0.05) is 0 Å². The minimum atomic E-state index is -1.10. The molecule has 19 heavy (non-hydrogen) atoms. The Morgan fingerprint density at radius 3 is 2.68 bits per heavy atom. The maximum absolute atomic E-state index is 12.9. The summed E-state index contributed by atoms with van der Waals surface area (Å²) in [5.74, 6) is -2.27. The van der Waals surface area contributed by atoms with E-state index in [-0.39, 0.29) is 10.6 Å². The fourth-order valence-electron chi connectivity index (χ4n) is 1.58. The van der Waals surface area contributed by atoms with E-state index in [1.807, 2.05) is 6.92 Å². The van der Waals surface area contributed by atoms with Crippen LogP contribution in [0.5, 0.6) is 0 Å². The number of halogens is 2. The van der Waals surface area contributed by atoms with Crippen molar-refractivity contribution in [3.63, 3.8) is 0 Å². The van der Waals surface area contributed by atoms with Crippen LogP contribution in [0.2, 0.25) is 5.02 Å². The molecule has 0 aliphatic rings. The molecule has 0 radical (unpaired) electrons. The molecule has 0 aromatic heterocycles. The quantitative estimate of drug-likeness (QED) is 0.845. The van der Waals surface area contributed by atoms with Crippen LogP contribution in [0.15, 0.2) is 18.2 Å². The van der Waals surface area contributed by atoms with Crippen molar-refractivity contribution in [2.24, 2.45) is 0 Å². The van der Waals surface area contributed by atoms with E-state index in [2.05, 4.69) is 5.32 Å². The van der Waals surface area contributed by atoms with E-state index in [0.717, 1.165) is 18.6 Å². The van der Waals surface area contributed by atoms with Crippen LogP contribution in [-0.4, -0.2) is 23.0 Å². The smallest absolute Gasteiger partial charge is 0.326 e. The zero-order valence-electron chi connectivity index (χ0n) is 10.5. The number of benzene rings is 1. The maximum atomic E-state index is 12.9. The van der Waals surface area contributed by atoms with E-state index in [1.165, 1.54) is 6.07 Å². The van der Waals surface area contributed by atoms with Gasteiger partial charge in [0.1, 0.15) is 11.9 Å².